The molecule has 0 aliphatic carbocycles. The maximum Gasteiger partial charge on any atom is 0.253 e. The first-order chi connectivity index (χ1) is 7.11. The van der Waals surface area contributed by atoms with Gasteiger partial charge >= 0.3 is 0 Å². The van der Waals surface area contributed by atoms with Crippen molar-refractivity contribution >= 4 is 18.1 Å². The molecule has 0 fully saturated rings. The summed E-state index contributed by atoms with van der Waals surface area (Å²) in [4.78, 5) is 16.2. The highest BCUT2D eigenvalue weighted by Gasteiger charge is 1.97. The molecule has 80 valence electrons. The summed E-state index contributed by atoms with van der Waals surface area (Å²) in [5.41, 5.74) is 7.30. The number of guanidine groups is 1. The van der Waals surface area contributed by atoms with Gasteiger partial charge in [-0.2, -0.15) is 4.99 Å². The molecule has 0 unspecified atom stereocenters. The van der Waals surface area contributed by atoms with Gasteiger partial charge in [-0.15, -0.1) is 0 Å². The van der Waals surface area contributed by atoms with E-state index in [1.54, 1.807) is 6.21 Å². The van der Waals surface area contributed by atoms with E-state index < -0.39 is 0 Å². The van der Waals surface area contributed by atoms with E-state index in [1.807, 2.05) is 26.8 Å². The summed E-state index contributed by atoms with van der Waals surface area (Å²) in [5.74, 6) is 0.542. The molecule has 5 heteroatoms. The van der Waals surface area contributed by atoms with Crippen molar-refractivity contribution < 1.29 is 0 Å². The molecular formula is C10H15N5. The van der Waals surface area contributed by atoms with E-state index in [1.165, 1.54) is 0 Å². The summed E-state index contributed by atoms with van der Waals surface area (Å²) in [6.07, 6.45) is 2.52. The van der Waals surface area contributed by atoms with E-state index in [4.69, 9.17) is 5.73 Å². The Morgan fingerprint density at radius 2 is 2.00 bits per heavy atom. The van der Waals surface area contributed by atoms with Crippen molar-refractivity contribution in [1.82, 2.24) is 9.97 Å². The van der Waals surface area contributed by atoms with E-state index in [9.17, 15) is 0 Å². The van der Waals surface area contributed by atoms with Crippen LogP contribution in [0.1, 0.15) is 24.7 Å². The fraction of sp³-hybridized carbons (Fsp3) is 0.400. The summed E-state index contributed by atoms with van der Waals surface area (Å²) in [6, 6.07) is 1.88. The average Bonchev–Trinajstić information content (AvgIpc) is 2.13. The zero-order valence-corrected chi connectivity index (χ0v) is 9.23. The largest absolute Gasteiger partial charge is 0.368 e. The van der Waals surface area contributed by atoms with Crippen LogP contribution in [0.15, 0.2) is 16.1 Å². The first kappa shape index (κ1) is 11.3. The third-order valence-electron chi connectivity index (χ3n) is 1.59. The van der Waals surface area contributed by atoms with Crippen LogP contribution in [0, 0.1) is 13.8 Å². The molecule has 0 spiro atoms. The minimum Gasteiger partial charge on any atom is -0.368 e. The SMILES string of the molecule is CC/C=N/C(N)=N\c1nc(C)cc(C)n1. The number of aryl methyl sites for hydroxylation is 2. The van der Waals surface area contributed by atoms with Crippen LogP contribution in [0.3, 0.4) is 0 Å². The Kier molecular flexibility index (Phi) is 3.91. The topological polar surface area (TPSA) is 76.5 Å². The lowest BCUT2D eigenvalue weighted by atomic mass is 10.4. The lowest BCUT2D eigenvalue weighted by molar-refractivity contribution is 1.04. The predicted molar refractivity (Wildman–Crippen MR) is 61.6 cm³/mol. The zero-order valence-electron chi connectivity index (χ0n) is 9.23. The number of hydrogen-bond donors (Lipinski definition) is 1. The van der Waals surface area contributed by atoms with Gasteiger partial charge in [0.1, 0.15) is 0 Å². The average molecular weight is 205 g/mol. The van der Waals surface area contributed by atoms with Crippen LogP contribution >= 0.6 is 0 Å². The Morgan fingerprint density at radius 1 is 1.40 bits per heavy atom. The molecule has 0 amide bonds. The lowest BCUT2D eigenvalue weighted by Gasteiger charge is -1.97. The van der Waals surface area contributed by atoms with E-state index in [-0.39, 0.29) is 5.96 Å². The van der Waals surface area contributed by atoms with Gasteiger partial charge < -0.3 is 5.73 Å². The van der Waals surface area contributed by atoms with Crippen LogP contribution in [0.4, 0.5) is 5.95 Å². The van der Waals surface area contributed by atoms with E-state index in [2.05, 4.69) is 20.0 Å². The van der Waals surface area contributed by atoms with Crippen LogP contribution in [0.5, 0.6) is 0 Å². The second kappa shape index (κ2) is 5.19. The standard InChI is InChI=1S/C10H15N5/c1-4-5-12-9(11)15-10-13-7(2)6-8(3)14-10/h5-6H,4H2,1-3H3,(H2,11,13,14,15)/b12-5+. The molecule has 0 bridgehead atoms. The first-order valence-electron chi connectivity index (χ1n) is 4.80. The summed E-state index contributed by atoms with van der Waals surface area (Å²) in [5, 5.41) is 0. The molecule has 0 aliphatic heterocycles. The molecule has 0 atom stereocenters. The molecule has 1 aromatic rings. The number of nitrogens with two attached hydrogens (primary N) is 1. The normalized spacial score (nSPS) is 12.3. The molecule has 5 nitrogen and oxygen atoms in total. The van der Waals surface area contributed by atoms with Gasteiger partial charge in [0.15, 0.2) is 0 Å². The summed E-state index contributed by atoms with van der Waals surface area (Å²) < 4.78 is 0. The Hall–Kier alpha value is -1.78. The Balaban J connectivity index is 2.92. The van der Waals surface area contributed by atoms with Crippen LogP contribution < -0.4 is 5.73 Å². The van der Waals surface area contributed by atoms with Crippen LogP contribution in [0.25, 0.3) is 0 Å². The molecule has 0 saturated heterocycles. The zero-order chi connectivity index (χ0) is 11.3. The van der Waals surface area contributed by atoms with Crippen molar-refractivity contribution in [2.24, 2.45) is 15.7 Å². The number of aliphatic imine (C=N–C) groups is 2. The molecule has 1 rings (SSSR count). The second-order valence-corrected chi connectivity index (χ2v) is 3.14. The van der Waals surface area contributed by atoms with Crippen molar-refractivity contribution in [2.45, 2.75) is 27.2 Å². The van der Waals surface area contributed by atoms with Crippen LogP contribution in [0.2, 0.25) is 0 Å². The monoisotopic (exact) mass is 205 g/mol. The third-order valence-corrected chi connectivity index (χ3v) is 1.59. The van der Waals surface area contributed by atoms with Gasteiger partial charge in [0.2, 0.25) is 5.96 Å². The molecular weight excluding hydrogens is 190 g/mol. The molecule has 2 N–H and O–H groups in total. The number of aromatic nitrogens is 2. The molecule has 0 radical (unpaired) electrons. The number of nitrogens with zero attached hydrogens (tertiary/aromatic N) is 4. The van der Waals surface area contributed by atoms with E-state index >= 15 is 0 Å². The van der Waals surface area contributed by atoms with Gasteiger partial charge in [-0.05, 0) is 26.3 Å². The minimum absolute atomic E-state index is 0.182. The highest BCUT2D eigenvalue weighted by Crippen LogP contribution is 2.06. The lowest BCUT2D eigenvalue weighted by Crippen LogP contribution is -2.08. The number of rotatable bonds is 2. The van der Waals surface area contributed by atoms with Gasteiger partial charge in [0.25, 0.3) is 5.95 Å². The summed E-state index contributed by atoms with van der Waals surface area (Å²) >= 11 is 0. The second-order valence-electron chi connectivity index (χ2n) is 3.14. The summed E-state index contributed by atoms with van der Waals surface area (Å²) in [7, 11) is 0. The number of hydrogen-bond acceptors (Lipinski definition) is 3. The summed E-state index contributed by atoms with van der Waals surface area (Å²) in [6.45, 7) is 5.75. The fourth-order valence-electron chi connectivity index (χ4n) is 1.07. The molecule has 1 heterocycles. The van der Waals surface area contributed by atoms with Gasteiger partial charge in [-0.1, -0.05) is 6.92 Å². The van der Waals surface area contributed by atoms with Crippen LogP contribution in [-0.4, -0.2) is 22.1 Å². The maximum atomic E-state index is 5.56. The fourth-order valence-corrected chi connectivity index (χ4v) is 1.07. The van der Waals surface area contributed by atoms with E-state index in [0.717, 1.165) is 17.8 Å². The molecule has 1 aromatic heterocycles. The molecule has 15 heavy (non-hydrogen) atoms. The molecule has 0 aliphatic rings. The van der Waals surface area contributed by atoms with Gasteiger partial charge in [-0.3, -0.25) is 0 Å². The Morgan fingerprint density at radius 3 is 2.53 bits per heavy atom. The molecule has 0 saturated carbocycles. The van der Waals surface area contributed by atoms with Crippen molar-refractivity contribution in [1.29, 1.82) is 0 Å². The Bertz CT molecular complexity index is 375. The van der Waals surface area contributed by atoms with Crippen molar-refractivity contribution in [3.8, 4) is 0 Å². The van der Waals surface area contributed by atoms with Crippen LogP contribution in [-0.2, 0) is 0 Å². The smallest absolute Gasteiger partial charge is 0.253 e. The minimum atomic E-state index is 0.182. The van der Waals surface area contributed by atoms with Crippen molar-refractivity contribution in [2.75, 3.05) is 0 Å². The van der Waals surface area contributed by atoms with E-state index in [0.29, 0.717) is 5.95 Å². The van der Waals surface area contributed by atoms with Crippen molar-refractivity contribution in [3.63, 3.8) is 0 Å². The van der Waals surface area contributed by atoms with Gasteiger partial charge in [0.05, 0.1) is 0 Å². The Labute approximate surface area is 89.2 Å². The van der Waals surface area contributed by atoms with Gasteiger partial charge in [-0.25, -0.2) is 15.0 Å². The first-order valence-corrected chi connectivity index (χ1v) is 4.80. The highest BCUT2D eigenvalue weighted by atomic mass is 15.1. The molecule has 0 aromatic carbocycles. The highest BCUT2D eigenvalue weighted by molar-refractivity contribution is 5.87. The quantitative estimate of drug-likeness (QED) is 0.587. The van der Waals surface area contributed by atoms with Gasteiger partial charge in [0, 0.05) is 17.6 Å². The maximum absolute atomic E-state index is 5.56. The third kappa shape index (κ3) is 3.84. The van der Waals surface area contributed by atoms with Crippen molar-refractivity contribution in [3.05, 3.63) is 17.5 Å². The predicted octanol–water partition coefficient (Wildman–Crippen LogP) is 1.52.